The van der Waals surface area contributed by atoms with E-state index in [-0.39, 0.29) is 6.04 Å². The molecule has 0 spiro atoms. The van der Waals surface area contributed by atoms with Crippen molar-refractivity contribution in [2.24, 2.45) is 5.73 Å². The zero-order valence-corrected chi connectivity index (χ0v) is 9.30. The van der Waals surface area contributed by atoms with Crippen LogP contribution in [0, 0.1) is 0 Å². The molecule has 16 heavy (non-hydrogen) atoms. The predicted molar refractivity (Wildman–Crippen MR) is 62.2 cm³/mol. The van der Waals surface area contributed by atoms with E-state index in [0.29, 0.717) is 6.54 Å². The van der Waals surface area contributed by atoms with Crippen LogP contribution in [0.2, 0.25) is 0 Å². The van der Waals surface area contributed by atoms with E-state index in [9.17, 15) is 0 Å². The lowest BCUT2D eigenvalue weighted by Gasteiger charge is -2.11. The Bertz CT molecular complexity index is 451. The molecule has 0 saturated carbocycles. The highest BCUT2D eigenvalue weighted by Crippen LogP contribution is 2.09. The second kappa shape index (κ2) is 4.89. The van der Waals surface area contributed by atoms with Gasteiger partial charge in [-0.05, 0) is 6.42 Å². The van der Waals surface area contributed by atoms with Gasteiger partial charge in [0.2, 0.25) is 5.65 Å². The number of nitrogens with two attached hydrogens (primary N) is 1. The molecule has 0 amide bonds. The minimum Gasteiger partial charge on any atom is -0.365 e. The van der Waals surface area contributed by atoms with Gasteiger partial charge in [-0.25, -0.2) is 4.98 Å². The molecule has 0 aromatic carbocycles. The first kappa shape index (κ1) is 10.8. The van der Waals surface area contributed by atoms with E-state index >= 15 is 0 Å². The maximum Gasteiger partial charge on any atom is 0.203 e. The van der Waals surface area contributed by atoms with E-state index in [1.54, 1.807) is 12.5 Å². The predicted octanol–water partition coefficient (Wildman–Crippen LogP) is 0.664. The van der Waals surface area contributed by atoms with Gasteiger partial charge >= 0.3 is 0 Å². The molecule has 2 aromatic rings. The maximum absolute atomic E-state index is 5.92. The first-order chi connectivity index (χ1) is 7.81. The molecule has 2 aromatic heterocycles. The van der Waals surface area contributed by atoms with Crippen LogP contribution in [0.25, 0.3) is 5.65 Å². The van der Waals surface area contributed by atoms with Gasteiger partial charge in [-0.15, -0.1) is 10.2 Å². The molecule has 2 rings (SSSR count). The molecule has 0 bridgehead atoms. The Kier molecular flexibility index (Phi) is 3.31. The van der Waals surface area contributed by atoms with Crippen molar-refractivity contribution in [3.8, 4) is 0 Å². The van der Waals surface area contributed by atoms with Gasteiger partial charge in [0.05, 0.1) is 0 Å². The lowest BCUT2D eigenvalue weighted by Crippen LogP contribution is -2.29. The third-order valence-electron chi connectivity index (χ3n) is 2.41. The summed E-state index contributed by atoms with van der Waals surface area (Å²) in [4.78, 5) is 4.22. The summed E-state index contributed by atoms with van der Waals surface area (Å²) >= 11 is 0. The highest BCUT2D eigenvalue weighted by Gasteiger charge is 2.06. The molecule has 1 unspecified atom stereocenters. The maximum atomic E-state index is 5.92. The summed E-state index contributed by atoms with van der Waals surface area (Å²) in [6, 6.07) is 0.148. The van der Waals surface area contributed by atoms with Crippen molar-refractivity contribution in [2.75, 3.05) is 11.9 Å². The summed E-state index contributed by atoms with van der Waals surface area (Å²) < 4.78 is 1.82. The SMILES string of the molecule is CCCC(N)CNc1nccn2cnnc12. The highest BCUT2D eigenvalue weighted by atomic mass is 15.2. The lowest BCUT2D eigenvalue weighted by atomic mass is 10.2. The number of fused-ring (bicyclic) bond motifs is 1. The first-order valence-electron chi connectivity index (χ1n) is 5.45. The molecule has 2 heterocycles. The number of hydrogen-bond acceptors (Lipinski definition) is 5. The van der Waals surface area contributed by atoms with E-state index in [0.717, 1.165) is 24.3 Å². The van der Waals surface area contributed by atoms with Crippen LogP contribution >= 0.6 is 0 Å². The van der Waals surface area contributed by atoms with E-state index in [4.69, 9.17) is 5.73 Å². The number of hydrogen-bond donors (Lipinski definition) is 2. The van der Waals surface area contributed by atoms with E-state index in [1.807, 2.05) is 10.6 Å². The fraction of sp³-hybridized carbons (Fsp3) is 0.500. The minimum atomic E-state index is 0.148. The largest absolute Gasteiger partial charge is 0.365 e. The molecular weight excluding hydrogens is 204 g/mol. The minimum absolute atomic E-state index is 0.148. The Hall–Kier alpha value is -1.69. The fourth-order valence-electron chi connectivity index (χ4n) is 1.58. The van der Waals surface area contributed by atoms with Gasteiger partial charge in [-0.1, -0.05) is 13.3 Å². The molecule has 6 heteroatoms. The van der Waals surface area contributed by atoms with Gasteiger partial charge in [0, 0.05) is 25.0 Å². The first-order valence-corrected chi connectivity index (χ1v) is 5.45. The highest BCUT2D eigenvalue weighted by molar-refractivity contribution is 5.61. The molecule has 0 fully saturated rings. The monoisotopic (exact) mass is 220 g/mol. The average molecular weight is 220 g/mol. The summed E-state index contributed by atoms with van der Waals surface area (Å²) in [6.07, 6.45) is 7.26. The van der Waals surface area contributed by atoms with Crippen molar-refractivity contribution in [1.82, 2.24) is 19.6 Å². The molecule has 86 valence electrons. The molecule has 3 N–H and O–H groups in total. The van der Waals surface area contributed by atoms with Gasteiger partial charge in [-0.3, -0.25) is 4.40 Å². The molecule has 0 aliphatic carbocycles. The average Bonchev–Trinajstić information content (AvgIpc) is 2.75. The van der Waals surface area contributed by atoms with Crippen LogP contribution in [-0.2, 0) is 0 Å². The molecule has 0 aliphatic rings. The van der Waals surface area contributed by atoms with Gasteiger partial charge in [0.1, 0.15) is 6.33 Å². The van der Waals surface area contributed by atoms with Crippen LogP contribution < -0.4 is 11.1 Å². The van der Waals surface area contributed by atoms with Crippen LogP contribution in [0.3, 0.4) is 0 Å². The Morgan fingerprint density at radius 2 is 2.44 bits per heavy atom. The lowest BCUT2D eigenvalue weighted by molar-refractivity contribution is 0.626. The number of nitrogens with zero attached hydrogens (tertiary/aromatic N) is 4. The molecule has 0 saturated heterocycles. The molecule has 1 atom stereocenters. The van der Waals surface area contributed by atoms with Gasteiger partial charge in [-0.2, -0.15) is 0 Å². The molecular formula is C10H16N6. The number of anilines is 1. The summed E-state index contributed by atoms with van der Waals surface area (Å²) in [5, 5.41) is 11.0. The quantitative estimate of drug-likeness (QED) is 0.773. The van der Waals surface area contributed by atoms with E-state index in [2.05, 4.69) is 27.4 Å². The summed E-state index contributed by atoms with van der Waals surface area (Å²) in [7, 11) is 0. The van der Waals surface area contributed by atoms with E-state index in [1.165, 1.54) is 0 Å². The van der Waals surface area contributed by atoms with Crippen LogP contribution in [-0.4, -0.2) is 32.2 Å². The summed E-state index contributed by atoms with van der Waals surface area (Å²) in [6.45, 7) is 2.82. The number of aromatic nitrogens is 4. The third-order valence-corrected chi connectivity index (χ3v) is 2.41. The Morgan fingerprint density at radius 3 is 3.25 bits per heavy atom. The van der Waals surface area contributed by atoms with Crippen LogP contribution in [0.15, 0.2) is 18.7 Å². The smallest absolute Gasteiger partial charge is 0.203 e. The van der Waals surface area contributed by atoms with Crippen LogP contribution in [0.5, 0.6) is 0 Å². The zero-order valence-electron chi connectivity index (χ0n) is 9.30. The number of rotatable bonds is 5. The van der Waals surface area contributed by atoms with Crippen molar-refractivity contribution in [2.45, 2.75) is 25.8 Å². The number of nitrogens with one attached hydrogen (secondary N) is 1. The van der Waals surface area contributed by atoms with Gasteiger partial charge in [0.15, 0.2) is 5.82 Å². The normalized spacial score (nSPS) is 12.9. The molecule has 0 radical (unpaired) electrons. The second-order valence-electron chi connectivity index (χ2n) is 3.77. The van der Waals surface area contributed by atoms with Crippen molar-refractivity contribution >= 4 is 11.5 Å². The standard InChI is InChI=1S/C10H16N6/c1-2-3-8(11)6-13-9-10-15-14-7-16(10)5-4-12-9/h4-5,7-8H,2-3,6,11H2,1H3,(H,12,13). The summed E-state index contributed by atoms with van der Waals surface area (Å²) in [5.74, 6) is 0.728. The van der Waals surface area contributed by atoms with Crippen molar-refractivity contribution in [1.29, 1.82) is 0 Å². The van der Waals surface area contributed by atoms with Gasteiger partial charge < -0.3 is 11.1 Å². The Labute approximate surface area is 93.9 Å². The van der Waals surface area contributed by atoms with Crippen molar-refractivity contribution in [3.05, 3.63) is 18.7 Å². The topological polar surface area (TPSA) is 81.1 Å². The van der Waals surface area contributed by atoms with Crippen LogP contribution in [0.1, 0.15) is 19.8 Å². The molecule has 0 aliphatic heterocycles. The summed E-state index contributed by atoms with van der Waals surface area (Å²) in [5.41, 5.74) is 6.65. The van der Waals surface area contributed by atoms with Crippen LogP contribution in [0.4, 0.5) is 5.82 Å². The van der Waals surface area contributed by atoms with Crippen molar-refractivity contribution < 1.29 is 0 Å². The van der Waals surface area contributed by atoms with Gasteiger partial charge in [0.25, 0.3) is 0 Å². The second-order valence-corrected chi connectivity index (χ2v) is 3.77. The zero-order chi connectivity index (χ0) is 11.4. The van der Waals surface area contributed by atoms with E-state index < -0.39 is 0 Å². The fourth-order valence-corrected chi connectivity index (χ4v) is 1.58. The van der Waals surface area contributed by atoms with Crippen molar-refractivity contribution in [3.63, 3.8) is 0 Å². The Morgan fingerprint density at radius 1 is 1.56 bits per heavy atom. The molecule has 6 nitrogen and oxygen atoms in total. The Balaban J connectivity index is 2.06. The third kappa shape index (κ3) is 2.27.